The Bertz CT molecular complexity index is 1000. The van der Waals surface area contributed by atoms with E-state index in [1.165, 1.54) is 6.07 Å². The van der Waals surface area contributed by atoms with Crippen LogP contribution in [0.1, 0.15) is 24.0 Å². The summed E-state index contributed by atoms with van der Waals surface area (Å²) in [6.07, 6.45) is -2.60. The second-order valence-corrected chi connectivity index (χ2v) is 7.36. The number of amides is 3. The zero-order valence-corrected chi connectivity index (χ0v) is 16.5. The summed E-state index contributed by atoms with van der Waals surface area (Å²) < 4.78 is 44.9. The Labute approximate surface area is 176 Å². The molecule has 2 aromatic carbocycles. The van der Waals surface area contributed by atoms with Crippen molar-refractivity contribution in [2.75, 3.05) is 35.2 Å². The molecule has 0 spiro atoms. The van der Waals surface area contributed by atoms with Gasteiger partial charge in [0.05, 0.1) is 16.9 Å². The summed E-state index contributed by atoms with van der Waals surface area (Å²) in [5.74, 6) is 0.0652. The highest BCUT2D eigenvalue weighted by Gasteiger charge is 2.32. The van der Waals surface area contributed by atoms with Gasteiger partial charge in [-0.05, 0) is 42.7 Å². The average molecular weight is 434 g/mol. The molecule has 0 bridgehead atoms. The maximum Gasteiger partial charge on any atom is 0.416 e. The third-order valence-corrected chi connectivity index (χ3v) is 5.18. The van der Waals surface area contributed by atoms with Gasteiger partial charge in [0.25, 0.3) is 5.91 Å². The topological polar surface area (TPSA) is 82.7 Å². The Morgan fingerprint density at radius 3 is 2.68 bits per heavy atom. The maximum absolute atomic E-state index is 13.2. The minimum atomic E-state index is -4.43. The van der Waals surface area contributed by atoms with Crippen LogP contribution >= 0.6 is 0 Å². The lowest BCUT2D eigenvalue weighted by Crippen LogP contribution is -2.31. The molecule has 2 aliphatic rings. The lowest BCUT2D eigenvalue weighted by atomic mass is 10.1. The van der Waals surface area contributed by atoms with Crippen molar-refractivity contribution in [1.82, 2.24) is 5.32 Å². The van der Waals surface area contributed by atoms with Gasteiger partial charge in [-0.25, -0.2) is 4.79 Å². The summed E-state index contributed by atoms with van der Waals surface area (Å²) in [6.45, 7) is 1.26. The quantitative estimate of drug-likeness (QED) is 0.681. The molecule has 1 saturated heterocycles. The number of nitrogens with zero attached hydrogens (tertiary/aromatic N) is 1. The molecule has 0 aliphatic carbocycles. The van der Waals surface area contributed by atoms with Gasteiger partial charge < -0.3 is 25.6 Å². The van der Waals surface area contributed by atoms with Crippen LogP contribution in [-0.2, 0) is 17.5 Å². The number of urea groups is 1. The normalized spacial score (nSPS) is 15.7. The largest absolute Gasteiger partial charge is 0.479 e. The molecule has 31 heavy (non-hydrogen) atoms. The van der Waals surface area contributed by atoms with E-state index in [1.54, 1.807) is 18.2 Å². The molecule has 0 atom stereocenters. The zero-order valence-electron chi connectivity index (χ0n) is 16.5. The number of carbonyl (C=O) groups excluding carboxylic acids is 2. The summed E-state index contributed by atoms with van der Waals surface area (Å²) in [7, 11) is 0. The highest BCUT2D eigenvalue weighted by atomic mass is 19.4. The second-order valence-electron chi connectivity index (χ2n) is 7.36. The molecule has 3 amide bonds. The first kappa shape index (κ1) is 20.8. The van der Waals surface area contributed by atoms with Crippen molar-refractivity contribution < 1.29 is 27.5 Å². The fourth-order valence-corrected chi connectivity index (χ4v) is 3.70. The molecule has 0 saturated carbocycles. The van der Waals surface area contributed by atoms with Crippen molar-refractivity contribution in [3.8, 4) is 5.75 Å². The van der Waals surface area contributed by atoms with Crippen molar-refractivity contribution >= 4 is 29.0 Å². The van der Waals surface area contributed by atoms with Gasteiger partial charge in [0.15, 0.2) is 12.4 Å². The van der Waals surface area contributed by atoms with E-state index in [-0.39, 0.29) is 19.1 Å². The molecule has 4 rings (SSSR count). The van der Waals surface area contributed by atoms with Crippen molar-refractivity contribution in [3.05, 3.63) is 47.5 Å². The molecule has 10 heteroatoms. The molecule has 164 valence electrons. The lowest BCUT2D eigenvalue weighted by Gasteiger charge is -2.23. The van der Waals surface area contributed by atoms with Gasteiger partial charge in [-0.2, -0.15) is 13.2 Å². The summed E-state index contributed by atoms with van der Waals surface area (Å²) in [6, 6.07) is 7.97. The molecule has 2 heterocycles. The Morgan fingerprint density at radius 2 is 1.94 bits per heavy atom. The number of para-hydroxylation sites is 1. The number of benzene rings is 2. The van der Waals surface area contributed by atoms with Gasteiger partial charge >= 0.3 is 12.2 Å². The smallest absolute Gasteiger partial charge is 0.416 e. The highest BCUT2D eigenvalue weighted by Crippen LogP contribution is 2.36. The Hall–Kier alpha value is -3.43. The van der Waals surface area contributed by atoms with E-state index in [1.807, 2.05) is 4.90 Å². The molecule has 0 unspecified atom stereocenters. The molecular weight excluding hydrogens is 413 g/mol. The third-order valence-electron chi connectivity index (χ3n) is 5.18. The number of hydrogen-bond acceptors (Lipinski definition) is 4. The van der Waals surface area contributed by atoms with E-state index >= 15 is 0 Å². The molecule has 7 nitrogen and oxygen atoms in total. The first-order valence-electron chi connectivity index (χ1n) is 9.87. The first-order chi connectivity index (χ1) is 14.8. The predicted octanol–water partition coefficient (Wildman–Crippen LogP) is 3.96. The minimum Gasteiger partial charge on any atom is -0.479 e. The first-order valence-corrected chi connectivity index (χ1v) is 9.87. The van der Waals surface area contributed by atoms with Crippen LogP contribution in [-0.4, -0.2) is 31.6 Å². The Kier molecular flexibility index (Phi) is 5.62. The summed E-state index contributed by atoms with van der Waals surface area (Å²) in [5.41, 5.74) is 1.20. The van der Waals surface area contributed by atoms with Gasteiger partial charge in [-0.3, -0.25) is 4.79 Å². The molecular formula is C21H21F3N4O3. The second kappa shape index (κ2) is 8.37. The molecule has 0 aromatic heterocycles. The summed E-state index contributed by atoms with van der Waals surface area (Å²) >= 11 is 0. The fraction of sp³-hybridized carbons (Fsp3) is 0.333. The number of rotatable bonds is 4. The van der Waals surface area contributed by atoms with Gasteiger partial charge in [0, 0.05) is 25.3 Å². The van der Waals surface area contributed by atoms with Crippen molar-refractivity contribution in [3.63, 3.8) is 0 Å². The van der Waals surface area contributed by atoms with Crippen LogP contribution in [0.4, 0.5) is 35.0 Å². The number of hydrogen-bond donors (Lipinski definition) is 3. The Balaban J connectivity index is 1.47. The van der Waals surface area contributed by atoms with Gasteiger partial charge in [0.1, 0.15) is 0 Å². The van der Waals surface area contributed by atoms with Gasteiger partial charge in [-0.1, -0.05) is 12.1 Å². The minimum absolute atomic E-state index is 0.0580. The maximum atomic E-state index is 13.2. The van der Waals surface area contributed by atoms with E-state index in [9.17, 15) is 22.8 Å². The highest BCUT2D eigenvalue weighted by molar-refractivity contribution is 5.99. The van der Waals surface area contributed by atoms with E-state index in [0.29, 0.717) is 41.5 Å². The number of alkyl halides is 3. The van der Waals surface area contributed by atoms with E-state index in [4.69, 9.17) is 4.74 Å². The molecule has 2 aromatic rings. The number of anilines is 3. The Morgan fingerprint density at radius 1 is 1.16 bits per heavy atom. The lowest BCUT2D eigenvalue weighted by molar-refractivity contribution is -0.137. The summed E-state index contributed by atoms with van der Waals surface area (Å²) in [4.78, 5) is 25.8. The van der Waals surface area contributed by atoms with Crippen LogP contribution < -0.4 is 25.6 Å². The zero-order chi connectivity index (χ0) is 22.0. The molecule has 1 fully saturated rings. The molecule has 0 radical (unpaired) electrons. The van der Waals surface area contributed by atoms with Gasteiger partial charge in [-0.15, -0.1) is 0 Å². The van der Waals surface area contributed by atoms with Crippen LogP contribution in [0.3, 0.4) is 0 Å². The van der Waals surface area contributed by atoms with Crippen LogP contribution in [0.5, 0.6) is 5.75 Å². The fourth-order valence-electron chi connectivity index (χ4n) is 3.70. The average Bonchev–Trinajstić information content (AvgIpc) is 3.26. The summed E-state index contributed by atoms with van der Waals surface area (Å²) in [5, 5.41) is 8.00. The number of halogens is 3. The third kappa shape index (κ3) is 4.68. The molecule has 3 N–H and O–H groups in total. The number of ether oxygens (including phenoxy) is 1. The standard InChI is InChI=1S/C21H21F3N4O3/c22-21(23,24)14-7-6-13(17(10-14)28-8-1-2-9-28)11-25-20(30)27-16-5-3-4-15-19(16)31-12-18(29)26-15/h3-7,10H,1-2,8-9,11-12H2,(H,26,29)(H2,25,27,30). The van der Waals surface area contributed by atoms with Crippen molar-refractivity contribution in [2.45, 2.75) is 25.6 Å². The monoisotopic (exact) mass is 434 g/mol. The van der Waals surface area contributed by atoms with E-state index in [0.717, 1.165) is 25.0 Å². The predicted molar refractivity (Wildman–Crippen MR) is 109 cm³/mol. The van der Waals surface area contributed by atoms with E-state index in [2.05, 4.69) is 16.0 Å². The van der Waals surface area contributed by atoms with Crippen molar-refractivity contribution in [1.29, 1.82) is 0 Å². The number of nitrogens with one attached hydrogen (secondary N) is 3. The van der Waals surface area contributed by atoms with Crippen LogP contribution in [0.25, 0.3) is 0 Å². The number of carbonyl (C=O) groups is 2. The van der Waals surface area contributed by atoms with Crippen LogP contribution in [0.15, 0.2) is 36.4 Å². The number of fused-ring (bicyclic) bond motifs is 1. The SMILES string of the molecule is O=C1COc2c(cccc2NC(=O)NCc2ccc(C(F)(F)F)cc2N2CCCC2)N1. The van der Waals surface area contributed by atoms with Crippen LogP contribution in [0, 0.1) is 0 Å². The van der Waals surface area contributed by atoms with Crippen molar-refractivity contribution in [2.24, 2.45) is 0 Å². The molecule has 2 aliphatic heterocycles. The van der Waals surface area contributed by atoms with Gasteiger partial charge in [0.2, 0.25) is 0 Å². The van der Waals surface area contributed by atoms with Crippen LogP contribution in [0.2, 0.25) is 0 Å². The van der Waals surface area contributed by atoms with E-state index < -0.39 is 17.8 Å².